The molecule has 0 spiro atoms. The molecule has 0 aromatic carbocycles. The lowest BCUT2D eigenvalue weighted by Crippen LogP contribution is -2.26. The molecule has 1 fully saturated rings. The maximum absolute atomic E-state index is 2.66. The van der Waals surface area contributed by atoms with Gasteiger partial charge in [0, 0.05) is 0 Å². The summed E-state index contributed by atoms with van der Waals surface area (Å²) >= 11 is 0. The second-order valence-corrected chi connectivity index (χ2v) is 5.62. The van der Waals surface area contributed by atoms with Crippen molar-refractivity contribution >= 4 is 0 Å². The molecule has 0 amide bonds. The summed E-state index contributed by atoms with van der Waals surface area (Å²) in [6, 6.07) is 0. The van der Waals surface area contributed by atoms with Crippen molar-refractivity contribution in [3.05, 3.63) is 0 Å². The van der Waals surface area contributed by atoms with Gasteiger partial charge in [-0.3, -0.25) is 0 Å². The van der Waals surface area contributed by atoms with Gasteiger partial charge in [-0.05, 0) is 50.2 Å². The first-order chi connectivity index (χ1) is 6.56. The Morgan fingerprint density at radius 2 is 2.00 bits per heavy atom. The normalized spacial score (nSPS) is 28.7. The van der Waals surface area contributed by atoms with Crippen molar-refractivity contribution in [3.63, 3.8) is 0 Å². The first-order valence-electron chi connectivity index (χ1n) is 6.28. The fourth-order valence-electron chi connectivity index (χ4n) is 2.18. The van der Waals surface area contributed by atoms with Crippen LogP contribution < -0.4 is 0 Å². The number of hydrogen-bond donors (Lipinski definition) is 0. The monoisotopic (exact) mass is 197 g/mol. The van der Waals surface area contributed by atoms with E-state index in [4.69, 9.17) is 0 Å². The second kappa shape index (κ2) is 5.16. The Morgan fingerprint density at radius 1 is 1.29 bits per heavy atom. The van der Waals surface area contributed by atoms with Gasteiger partial charge < -0.3 is 4.90 Å². The second-order valence-electron chi connectivity index (χ2n) is 5.62. The molecule has 1 aliphatic heterocycles. The predicted octanol–water partition coefficient (Wildman–Crippen LogP) is 3.54. The van der Waals surface area contributed by atoms with E-state index in [0.717, 1.165) is 5.92 Å². The van der Waals surface area contributed by atoms with Crippen molar-refractivity contribution in [1.29, 1.82) is 0 Å². The third kappa shape index (κ3) is 3.27. The minimum absolute atomic E-state index is 0.557. The molecule has 0 aliphatic carbocycles. The summed E-state index contributed by atoms with van der Waals surface area (Å²) in [7, 11) is 0. The summed E-state index contributed by atoms with van der Waals surface area (Å²) in [5.74, 6) is 0.883. The third-order valence-electron chi connectivity index (χ3n) is 4.11. The predicted molar refractivity (Wildman–Crippen MR) is 63.5 cm³/mol. The largest absolute Gasteiger partial charge is 0.303 e. The van der Waals surface area contributed by atoms with Crippen LogP contribution in [0.5, 0.6) is 0 Å². The zero-order chi connectivity index (χ0) is 10.6. The molecule has 1 saturated heterocycles. The minimum Gasteiger partial charge on any atom is -0.303 e. The zero-order valence-corrected chi connectivity index (χ0v) is 10.5. The average molecular weight is 197 g/mol. The SMILES string of the molecule is CCCCN1CCC(C)C(C)(C)CC1. The van der Waals surface area contributed by atoms with E-state index < -0.39 is 0 Å². The maximum Gasteiger partial charge on any atom is -0.00135 e. The lowest BCUT2D eigenvalue weighted by Gasteiger charge is -2.29. The van der Waals surface area contributed by atoms with Crippen LogP contribution in [0, 0.1) is 11.3 Å². The molecule has 0 radical (unpaired) electrons. The van der Waals surface area contributed by atoms with Gasteiger partial charge in [0.15, 0.2) is 0 Å². The van der Waals surface area contributed by atoms with Crippen LogP contribution in [0.3, 0.4) is 0 Å². The smallest absolute Gasteiger partial charge is 0.00135 e. The molecule has 0 bridgehead atoms. The highest BCUT2D eigenvalue weighted by Crippen LogP contribution is 2.35. The van der Waals surface area contributed by atoms with E-state index in [1.54, 1.807) is 0 Å². The molecule has 1 atom stereocenters. The van der Waals surface area contributed by atoms with Crippen LogP contribution in [0.15, 0.2) is 0 Å². The fraction of sp³-hybridized carbons (Fsp3) is 1.00. The summed E-state index contributed by atoms with van der Waals surface area (Å²) in [6.07, 6.45) is 5.46. The zero-order valence-electron chi connectivity index (χ0n) is 10.5. The van der Waals surface area contributed by atoms with Gasteiger partial charge in [-0.2, -0.15) is 0 Å². The highest BCUT2D eigenvalue weighted by atomic mass is 15.1. The number of nitrogens with zero attached hydrogens (tertiary/aromatic N) is 1. The average Bonchev–Trinajstić information content (AvgIpc) is 2.26. The molecule has 0 aromatic rings. The van der Waals surface area contributed by atoms with Gasteiger partial charge in [-0.25, -0.2) is 0 Å². The Bertz CT molecular complexity index is 163. The van der Waals surface area contributed by atoms with Crippen LogP contribution in [0.4, 0.5) is 0 Å². The van der Waals surface area contributed by atoms with E-state index in [2.05, 4.69) is 32.6 Å². The number of rotatable bonds is 3. The van der Waals surface area contributed by atoms with Crippen LogP contribution in [0.1, 0.15) is 53.4 Å². The highest BCUT2D eigenvalue weighted by molar-refractivity contribution is 4.81. The third-order valence-corrected chi connectivity index (χ3v) is 4.11. The van der Waals surface area contributed by atoms with Crippen molar-refractivity contribution in [2.75, 3.05) is 19.6 Å². The van der Waals surface area contributed by atoms with Gasteiger partial charge in [-0.1, -0.05) is 34.1 Å². The van der Waals surface area contributed by atoms with Gasteiger partial charge in [-0.15, -0.1) is 0 Å². The Hall–Kier alpha value is -0.0400. The Kier molecular flexibility index (Phi) is 4.43. The summed E-state index contributed by atoms with van der Waals surface area (Å²) in [4.78, 5) is 2.66. The summed E-state index contributed by atoms with van der Waals surface area (Å²) in [5.41, 5.74) is 0.557. The Morgan fingerprint density at radius 3 is 2.64 bits per heavy atom. The Balaban J connectivity index is 2.40. The maximum atomic E-state index is 2.66. The van der Waals surface area contributed by atoms with Gasteiger partial charge in [0.1, 0.15) is 0 Å². The molecular weight excluding hydrogens is 170 g/mol. The summed E-state index contributed by atoms with van der Waals surface area (Å²) < 4.78 is 0. The van der Waals surface area contributed by atoms with Crippen molar-refractivity contribution in [1.82, 2.24) is 4.90 Å². The van der Waals surface area contributed by atoms with Crippen LogP contribution in [0.2, 0.25) is 0 Å². The quantitative estimate of drug-likeness (QED) is 0.669. The van der Waals surface area contributed by atoms with Crippen LogP contribution in [-0.2, 0) is 0 Å². The van der Waals surface area contributed by atoms with Crippen molar-refractivity contribution in [2.24, 2.45) is 11.3 Å². The van der Waals surface area contributed by atoms with E-state index in [0.29, 0.717) is 5.41 Å². The van der Waals surface area contributed by atoms with Gasteiger partial charge in [0.2, 0.25) is 0 Å². The molecule has 0 saturated carbocycles. The molecule has 14 heavy (non-hydrogen) atoms. The molecule has 1 heterocycles. The summed E-state index contributed by atoms with van der Waals surface area (Å²) in [5, 5.41) is 0. The van der Waals surface area contributed by atoms with Crippen molar-refractivity contribution < 1.29 is 0 Å². The number of likely N-dealkylation sites (tertiary alicyclic amines) is 1. The number of hydrogen-bond acceptors (Lipinski definition) is 1. The first kappa shape index (κ1) is 12.0. The lowest BCUT2D eigenvalue weighted by molar-refractivity contribution is 0.218. The molecule has 0 aromatic heterocycles. The van der Waals surface area contributed by atoms with Crippen LogP contribution in [-0.4, -0.2) is 24.5 Å². The molecule has 1 heteroatoms. The van der Waals surface area contributed by atoms with E-state index in [1.807, 2.05) is 0 Å². The molecular formula is C13H27N. The van der Waals surface area contributed by atoms with E-state index >= 15 is 0 Å². The van der Waals surface area contributed by atoms with Crippen LogP contribution in [0.25, 0.3) is 0 Å². The van der Waals surface area contributed by atoms with E-state index in [9.17, 15) is 0 Å². The Labute approximate surface area is 89.9 Å². The summed E-state index contributed by atoms with van der Waals surface area (Å²) in [6.45, 7) is 13.5. The molecule has 1 unspecified atom stereocenters. The standard InChI is InChI=1S/C13H27N/c1-5-6-9-14-10-7-12(2)13(3,4)8-11-14/h12H,5-11H2,1-4H3. The topological polar surface area (TPSA) is 3.24 Å². The molecule has 0 N–H and O–H groups in total. The molecule has 84 valence electrons. The fourth-order valence-corrected chi connectivity index (χ4v) is 2.18. The van der Waals surface area contributed by atoms with E-state index in [1.165, 1.54) is 45.3 Å². The van der Waals surface area contributed by atoms with Crippen molar-refractivity contribution in [3.8, 4) is 0 Å². The van der Waals surface area contributed by atoms with Crippen LogP contribution >= 0.6 is 0 Å². The van der Waals surface area contributed by atoms with Crippen molar-refractivity contribution in [2.45, 2.75) is 53.4 Å². The molecule has 1 aliphatic rings. The molecule has 1 nitrogen and oxygen atoms in total. The first-order valence-corrected chi connectivity index (χ1v) is 6.28. The van der Waals surface area contributed by atoms with Gasteiger partial charge >= 0.3 is 0 Å². The molecule has 1 rings (SSSR count). The van der Waals surface area contributed by atoms with Gasteiger partial charge in [0.25, 0.3) is 0 Å². The number of unbranched alkanes of at least 4 members (excludes halogenated alkanes) is 1. The van der Waals surface area contributed by atoms with Gasteiger partial charge in [0.05, 0.1) is 0 Å². The lowest BCUT2D eigenvalue weighted by atomic mass is 9.76. The van der Waals surface area contributed by atoms with E-state index in [-0.39, 0.29) is 0 Å². The minimum atomic E-state index is 0.557. The highest BCUT2D eigenvalue weighted by Gasteiger charge is 2.29.